The van der Waals surface area contributed by atoms with Crippen LogP contribution in [0.2, 0.25) is 0 Å². The predicted molar refractivity (Wildman–Crippen MR) is 57.9 cm³/mol. The van der Waals surface area contributed by atoms with Crippen molar-refractivity contribution in [1.29, 1.82) is 5.26 Å². The van der Waals surface area contributed by atoms with Gasteiger partial charge < -0.3 is 5.32 Å². The Morgan fingerprint density at radius 3 is 3.29 bits per heavy atom. The maximum Gasteiger partial charge on any atom is 0.186 e. The SMILES string of the molecule is CC(=O)SC1CCNCC1=CCC#N. The molecule has 0 bridgehead atoms. The minimum Gasteiger partial charge on any atom is -0.313 e. The summed E-state index contributed by atoms with van der Waals surface area (Å²) in [5.74, 6) is 0. The number of carbonyl (C=O) groups excluding carboxylic acids is 1. The summed E-state index contributed by atoms with van der Waals surface area (Å²) in [5.41, 5.74) is 1.19. The van der Waals surface area contributed by atoms with E-state index in [0.29, 0.717) is 6.42 Å². The molecule has 1 atom stereocenters. The summed E-state index contributed by atoms with van der Waals surface area (Å²) in [7, 11) is 0. The summed E-state index contributed by atoms with van der Waals surface area (Å²) in [6, 6.07) is 2.09. The molecule has 14 heavy (non-hydrogen) atoms. The van der Waals surface area contributed by atoms with E-state index in [-0.39, 0.29) is 10.4 Å². The van der Waals surface area contributed by atoms with E-state index in [1.54, 1.807) is 6.92 Å². The van der Waals surface area contributed by atoms with Crippen LogP contribution < -0.4 is 5.32 Å². The lowest BCUT2D eigenvalue weighted by Gasteiger charge is -2.24. The first-order chi connectivity index (χ1) is 6.74. The smallest absolute Gasteiger partial charge is 0.186 e. The van der Waals surface area contributed by atoms with Crippen molar-refractivity contribution >= 4 is 16.9 Å². The zero-order chi connectivity index (χ0) is 10.4. The molecule has 0 spiro atoms. The second-order valence-electron chi connectivity index (χ2n) is 3.20. The second kappa shape index (κ2) is 5.84. The number of nitriles is 1. The molecule has 0 aromatic heterocycles. The second-order valence-corrected chi connectivity index (χ2v) is 4.58. The third kappa shape index (κ3) is 3.52. The van der Waals surface area contributed by atoms with E-state index in [2.05, 4.69) is 11.4 Å². The van der Waals surface area contributed by atoms with E-state index in [1.165, 1.54) is 17.3 Å². The number of nitrogens with zero attached hydrogens (tertiary/aromatic N) is 1. The minimum absolute atomic E-state index is 0.153. The van der Waals surface area contributed by atoms with Crippen LogP contribution in [-0.4, -0.2) is 23.5 Å². The molecule has 0 aliphatic carbocycles. The summed E-state index contributed by atoms with van der Waals surface area (Å²) in [4.78, 5) is 11.0. The van der Waals surface area contributed by atoms with Gasteiger partial charge in [0.25, 0.3) is 0 Å². The standard InChI is InChI=1S/C10H14N2OS/c1-8(13)14-10-4-6-12-7-9(10)3-2-5-11/h3,10,12H,2,4,6-7H2,1H3. The fraction of sp³-hybridized carbons (Fsp3) is 0.600. The van der Waals surface area contributed by atoms with Crippen molar-refractivity contribution in [3.8, 4) is 6.07 Å². The molecule has 0 aromatic carbocycles. The van der Waals surface area contributed by atoms with Gasteiger partial charge in [-0.15, -0.1) is 0 Å². The molecule has 0 aromatic rings. The monoisotopic (exact) mass is 210 g/mol. The van der Waals surface area contributed by atoms with Crippen LogP contribution in [0, 0.1) is 11.3 Å². The van der Waals surface area contributed by atoms with E-state index in [0.717, 1.165) is 19.5 Å². The summed E-state index contributed by atoms with van der Waals surface area (Å²) < 4.78 is 0. The van der Waals surface area contributed by atoms with Crippen LogP contribution in [0.1, 0.15) is 19.8 Å². The summed E-state index contributed by atoms with van der Waals surface area (Å²) in [6.45, 7) is 3.36. The van der Waals surface area contributed by atoms with Gasteiger partial charge in [-0.25, -0.2) is 0 Å². The Labute approximate surface area is 88.6 Å². The molecule has 0 amide bonds. The highest BCUT2D eigenvalue weighted by atomic mass is 32.2. The average molecular weight is 210 g/mol. The van der Waals surface area contributed by atoms with Crippen molar-refractivity contribution in [3.05, 3.63) is 11.6 Å². The molecule has 1 heterocycles. The highest BCUT2D eigenvalue weighted by molar-refractivity contribution is 8.14. The Hall–Kier alpha value is -0.790. The molecule has 3 nitrogen and oxygen atoms in total. The fourth-order valence-corrected chi connectivity index (χ4v) is 2.45. The molecule has 1 unspecified atom stereocenters. The van der Waals surface area contributed by atoms with Gasteiger partial charge in [-0.1, -0.05) is 17.8 Å². The molecule has 76 valence electrons. The molecular weight excluding hydrogens is 196 g/mol. The fourth-order valence-electron chi connectivity index (χ4n) is 1.48. The van der Waals surface area contributed by atoms with Crippen LogP contribution in [0.25, 0.3) is 0 Å². The van der Waals surface area contributed by atoms with Gasteiger partial charge in [-0.2, -0.15) is 5.26 Å². The number of nitrogens with one attached hydrogen (secondary N) is 1. The van der Waals surface area contributed by atoms with Crippen LogP contribution in [0.3, 0.4) is 0 Å². The average Bonchev–Trinajstić information content (AvgIpc) is 2.16. The highest BCUT2D eigenvalue weighted by Crippen LogP contribution is 2.25. The maximum atomic E-state index is 11.0. The van der Waals surface area contributed by atoms with Crippen LogP contribution in [0.15, 0.2) is 11.6 Å². The van der Waals surface area contributed by atoms with E-state index < -0.39 is 0 Å². The number of hydrogen-bond acceptors (Lipinski definition) is 4. The summed E-state index contributed by atoms with van der Waals surface area (Å²) in [5, 5.41) is 12.2. The van der Waals surface area contributed by atoms with Crippen molar-refractivity contribution in [3.63, 3.8) is 0 Å². The molecule has 4 heteroatoms. The lowest BCUT2D eigenvalue weighted by atomic mass is 10.1. The maximum absolute atomic E-state index is 11.0. The number of thioether (sulfide) groups is 1. The molecule has 0 radical (unpaired) electrons. The molecule has 1 aliphatic rings. The molecule has 1 N–H and O–H groups in total. The Kier molecular flexibility index (Phi) is 4.71. The van der Waals surface area contributed by atoms with Crippen LogP contribution in [0.5, 0.6) is 0 Å². The summed E-state index contributed by atoms with van der Waals surface area (Å²) >= 11 is 1.38. The van der Waals surface area contributed by atoms with Gasteiger partial charge in [-0.05, 0) is 18.5 Å². The van der Waals surface area contributed by atoms with Gasteiger partial charge in [0.1, 0.15) is 0 Å². The molecule has 1 fully saturated rings. The Bertz CT molecular complexity index is 280. The first-order valence-corrected chi connectivity index (χ1v) is 5.56. The summed E-state index contributed by atoms with van der Waals surface area (Å²) in [6.07, 6.45) is 3.35. The first-order valence-electron chi connectivity index (χ1n) is 4.68. The Morgan fingerprint density at radius 2 is 2.64 bits per heavy atom. The normalized spacial score (nSPS) is 24.6. The number of carbonyl (C=O) groups is 1. The molecule has 0 saturated carbocycles. The zero-order valence-electron chi connectivity index (χ0n) is 8.25. The van der Waals surface area contributed by atoms with Crippen molar-refractivity contribution in [2.24, 2.45) is 0 Å². The van der Waals surface area contributed by atoms with Crippen LogP contribution in [0.4, 0.5) is 0 Å². The number of allylic oxidation sites excluding steroid dienone is 1. The van der Waals surface area contributed by atoms with Gasteiger partial charge >= 0.3 is 0 Å². The van der Waals surface area contributed by atoms with Gasteiger partial charge in [0, 0.05) is 18.7 Å². The van der Waals surface area contributed by atoms with Gasteiger partial charge in [0.15, 0.2) is 5.12 Å². The minimum atomic E-state index is 0.153. The van der Waals surface area contributed by atoms with Crippen molar-refractivity contribution in [2.75, 3.05) is 13.1 Å². The third-order valence-electron chi connectivity index (χ3n) is 2.09. The quantitative estimate of drug-likeness (QED) is 0.701. The Morgan fingerprint density at radius 1 is 1.86 bits per heavy atom. The predicted octanol–water partition coefficient (Wildman–Crippen LogP) is 1.47. The van der Waals surface area contributed by atoms with Crippen LogP contribution in [-0.2, 0) is 4.79 Å². The number of hydrogen-bond donors (Lipinski definition) is 1. The molecule has 1 rings (SSSR count). The van der Waals surface area contributed by atoms with E-state index in [9.17, 15) is 4.79 Å². The van der Waals surface area contributed by atoms with Crippen molar-refractivity contribution in [1.82, 2.24) is 5.32 Å². The highest BCUT2D eigenvalue weighted by Gasteiger charge is 2.20. The van der Waals surface area contributed by atoms with E-state index in [1.807, 2.05) is 6.08 Å². The van der Waals surface area contributed by atoms with Crippen molar-refractivity contribution in [2.45, 2.75) is 25.0 Å². The Balaban J connectivity index is 2.59. The molecule has 1 saturated heterocycles. The number of piperidine rings is 1. The van der Waals surface area contributed by atoms with E-state index in [4.69, 9.17) is 5.26 Å². The largest absolute Gasteiger partial charge is 0.313 e. The number of rotatable bonds is 2. The van der Waals surface area contributed by atoms with E-state index >= 15 is 0 Å². The van der Waals surface area contributed by atoms with Gasteiger partial charge in [0.2, 0.25) is 0 Å². The third-order valence-corrected chi connectivity index (χ3v) is 3.24. The molecular formula is C10H14N2OS. The lowest BCUT2D eigenvalue weighted by Crippen LogP contribution is -2.32. The van der Waals surface area contributed by atoms with Gasteiger partial charge in [-0.3, -0.25) is 4.79 Å². The van der Waals surface area contributed by atoms with Crippen LogP contribution >= 0.6 is 11.8 Å². The first kappa shape index (κ1) is 11.3. The lowest BCUT2D eigenvalue weighted by molar-refractivity contribution is -0.109. The topological polar surface area (TPSA) is 52.9 Å². The zero-order valence-corrected chi connectivity index (χ0v) is 9.06. The molecule has 1 aliphatic heterocycles. The van der Waals surface area contributed by atoms with Gasteiger partial charge in [0.05, 0.1) is 12.5 Å². The van der Waals surface area contributed by atoms with Crippen molar-refractivity contribution < 1.29 is 4.79 Å².